The first-order valence-corrected chi connectivity index (χ1v) is 5.84. The predicted octanol–water partition coefficient (Wildman–Crippen LogP) is -0.353. The molecule has 0 aromatic carbocycles. The zero-order valence-electron chi connectivity index (χ0n) is 10.5. The van der Waals surface area contributed by atoms with Gasteiger partial charge in [-0.05, 0) is 13.8 Å². The van der Waals surface area contributed by atoms with Crippen LogP contribution in [0.15, 0.2) is 0 Å². The summed E-state index contributed by atoms with van der Waals surface area (Å²) in [6.45, 7) is 5.91. The van der Waals surface area contributed by atoms with E-state index in [1.54, 1.807) is 23.6 Å². The minimum atomic E-state index is -0.793. The number of carbonyl (C=O) groups is 2. The van der Waals surface area contributed by atoms with E-state index in [2.05, 4.69) is 5.32 Å². The maximum Gasteiger partial charge on any atom is 0.317 e. The van der Waals surface area contributed by atoms with Gasteiger partial charge in [0.15, 0.2) is 0 Å². The highest BCUT2D eigenvalue weighted by molar-refractivity contribution is 5.85. The molecule has 1 unspecified atom stereocenters. The van der Waals surface area contributed by atoms with E-state index in [1.165, 1.54) is 7.11 Å². The smallest absolute Gasteiger partial charge is 0.317 e. The maximum absolute atomic E-state index is 12.2. The lowest BCUT2D eigenvalue weighted by Gasteiger charge is -2.39. The summed E-state index contributed by atoms with van der Waals surface area (Å²) in [6.07, 6.45) is 0. The molecule has 6 nitrogen and oxygen atoms in total. The van der Waals surface area contributed by atoms with Crippen molar-refractivity contribution in [2.75, 3.05) is 33.3 Å². The number of urea groups is 1. The van der Waals surface area contributed by atoms with Crippen LogP contribution in [0.5, 0.6) is 0 Å². The number of piperazine rings is 1. The van der Waals surface area contributed by atoms with E-state index < -0.39 is 5.60 Å². The number of hydrogen-bond acceptors (Lipinski definition) is 3. The third-order valence-corrected chi connectivity index (χ3v) is 3.55. The van der Waals surface area contributed by atoms with Gasteiger partial charge in [-0.25, -0.2) is 4.79 Å². The summed E-state index contributed by atoms with van der Waals surface area (Å²) >= 11 is 0. The molecule has 2 fully saturated rings. The van der Waals surface area contributed by atoms with Crippen LogP contribution in [-0.4, -0.2) is 66.7 Å². The van der Waals surface area contributed by atoms with Gasteiger partial charge >= 0.3 is 6.03 Å². The standard InChI is InChI=1S/C11H19N3O3/c1-11(2,17-3)9(15)13-4-5-14-8(7-13)6-12-10(14)16/h8H,4-7H2,1-3H3,(H,12,16). The van der Waals surface area contributed by atoms with Crippen molar-refractivity contribution in [2.45, 2.75) is 25.5 Å². The Morgan fingerprint density at radius 1 is 1.47 bits per heavy atom. The van der Waals surface area contributed by atoms with Crippen LogP contribution in [0.25, 0.3) is 0 Å². The zero-order chi connectivity index (χ0) is 12.6. The summed E-state index contributed by atoms with van der Waals surface area (Å²) in [7, 11) is 1.54. The fourth-order valence-electron chi connectivity index (χ4n) is 2.26. The lowest BCUT2D eigenvalue weighted by Crippen LogP contribution is -2.57. The molecular weight excluding hydrogens is 222 g/mol. The second kappa shape index (κ2) is 4.18. The normalized spacial score (nSPS) is 24.6. The van der Waals surface area contributed by atoms with Crippen LogP contribution in [0.3, 0.4) is 0 Å². The fraction of sp³-hybridized carbons (Fsp3) is 0.818. The molecule has 0 saturated carbocycles. The Bertz CT molecular complexity index is 343. The molecule has 2 saturated heterocycles. The van der Waals surface area contributed by atoms with Crippen molar-refractivity contribution in [3.8, 4) is 0 Å². The molecule has 3 amide bonds. The molecular formula is C11H19N3O3. The Kier molecular flexibility index (Phi) is 2.99. The summed E-state index contributed by atoms with van der Waals surface area (Å²) < 4.78 is 5.20. The van der Waals surface area contributed by atoms with Crippen molar-refractivity contribution in [1.82, 2.24) is 15.1 Å². The maximum atomic E-state index is 12.2. The zero-order valence-corrected chi connectivity index (χ0v) is 10.5. The molecule has 0 bridgehead atoms. The minimum absolute atomic E-state index is 0.0148. The third kappa shape index (κ3) is 2.09. The second-order valence-corrected chi connectivity index (χ2v) is 5.00. The van der Waals surface area contributed by atoms with Crippen molar-refractivity contribution in [3.63, 3.8) is 0 Å². The van der Waals surface area contributed by atoms with Crippen molar-refractivity contribution < 1.29 is 14.3 Å². The molecule has 2 heterocycles. The molecule has 6 heteroatoms. The average molecular weight is 241 g/mol. The Morgan fingerprint density at radius 3 is 2.82 bits per heavy atom. The van der Waals surface area contributed by atoms with Gasteiger partial charge in [0.2, 0.25) is 0 Å². The molecule has 0 radical (unpaired) electrons. The summed E-state index contributed by atoms with van der Waals surface area (Å²) in [5.41, 5.74) is -0.793. The molecule has 96 valence electrons. The molecule has 1 N–H and O–H groups in total. The van der Waals surface area contributed by atoms with Crippen LogP contribution in [0.2, 0.25) is 0 Å². The summed E-state index contributed by atoms with van der Waals surface area (Å²) in [6, 6.07) is 0.0842. The monoisotopic (exact) mass is 241 g/mol. The SMILES string of the molecule is COC(C)(C)C(=O)N1CCN2C(=O)NCC2C1. The number of ether oxygens (including phenoxy) is 1. The minimum Gasteiger partial charge on any atom is -0.369 e. The third-order valence-electron chi connectivity index (χ3n) is 3.55. The lowest BCUT2D eigenvalue weighted by atomic mass is 10.1. The predicted molar refractivity (Wildman–Crippen MR) is 61.6 cm³/mol. The number of methoxy groups -OCH3 is 1. The van der Waals surface area contributed by atoms with Crippen molar-refractivity contribution in [3.05, 3.63) is 0 Å². The van der Waals surface area contributed by atoms with Gasteiger partial charge in [-0.2, -0.15) is 0 Å². The van der Waals surface area contributed by atoms with Gasteiger partial charge in [-0.3, -0.25) is 4.79 Å². The van der Waals surface area contributed by atoms with Crippen LogP contribution in [0, 0.1) is 0 Å². The van der Waals surface area contributed by atoms with Crippen molar-refractivity contribution in [1.29, 1.82) is 0 Å². The largest absolute Gasteiger partial charge is 0.369 e. The number of fused-ring (bicyclic) bond motifs is 1. The highest BCUT2D eigenvalue weighted by atomic mass is 16.5. The Morgan fingerprint density at radius 2 is 2.18 bits per heavy atom. The topological polar surface area (TPSA) is 61.9 Å². The number of carbonyl (C=O) groups excluding carboxylic acids is 2. The van der Waals surface area contributed by atoms with Gasteiger partial charge < -0.3 is 19.9 Å². The lowest BCUT2D eigenvalue weighted by molar-refractivity contribution is -0.153. The molecule has 0 aliphatic carbocycles. The molecule has 1 atom stereocenters. The molecule has 0 spiro atoms. The van der Waals surface area contributed by atoms with E-state index in [-0.39, 0.29) is 18.0 Å². The first-order chi connectivity index (χ1) is 7.95. The van der Waals surface area contributed by atoms with Gasteiger partial charge in [0.1, 0.15) is 5.60 Å². The fourth-order valence-corrected chi connectivity index (χ4v) is 2.26. The van der Waals surface area contributed by atoms with Gasteiger partial charge in [-0.1, -0.05) is 0 Å². The van der Waals surface area contributed by atoms with Crippen LogP contribution in [-0.2, 0) is 9.53 Å². The molecule has 2 aliphatic heterocycles. The summed E-state index contributed by atoms with van der Waals surface area (Å²) in [4.78, 5) is 27.2. The number of nitrogens with zero attached hydrogens (tertiary/aromatic N) is 2. The molecule has 17 heavy (non-hydrogen) atoms. The van der Waals surface area contributed by atoms with E-state index in [1.807, 2.05) is 0 Å². The quantitative estimate of drug-likeness (QED) is 0.718. The first kappa shape index (κ1) is 12.2. The summed E-state index contributed by atoms with van der Waals surface area (Å²) in [5.74, 6) is -0.0148. The molecule has 0 aromatic rings. The van der Waals surface area contributed by atoms with Gasteiger partial charge in [-0.15, -0.1) is 0 Å². The van der Waals surface area contributed by atoms with E-state index in [0.29, 0.717) is 26.2 Å². The number of hydrogen-bond donors (Lipinski definition) is 1. The number of nitrogens with one attached hydrogen (secondary N) is 1. The van der Waals surface area contributed by atoms with Crippen LogP contribution in [0.4, 0.5) is 4.79 Å². The van der Waals surface area contributed by atoms with E-state index in [4.69, 9.17) is 4.74 Å². The van der Waals surface area contributed by atoms with E-state index in [0.717, 1.165) is 0 Å². The Labute approximate surface area is 101 Å². The first-order valence-electron chi connectivity index (χ1n) is 5.84. The molecule has 0 aromatic heterocycles. The van der Waals surface area contributed by atoms with E-state index in [9.17, 15) is 9.59 Å². The molecule has 2 aliphatic rings. The van der Waals surface area contributed by atoms with E-state index >= 15 is 0 Å². The average Bonchev–Trinajstić information content (AvgIpc) is 2.69. The van der Waals surface area contributed by atoms with Gasteiger partial charge in [0.05, 0.1) is 6.04 Å². The van der Waals surface area contributed by atoms with Crippen LogP contribution < -0.4 is 5.32 Å². The van der Waals surface area contributed by atoms with Gasteiger partial charge in [0, 0.05) is 33.3 Å². The van der Waals surface area contributed by atoms with Gasteiger partial charge in [0.25, 0.3) is 5.91 Å². The summed E-state index contributed by atoms with van der Waals surface area (Å²) in [5, 5.41) is 2.79. The molecule has 2 rings (SSSR count). The van der Waals surface area contributed by atoms with Crippen LogP contribution >= 0.6 is 0 Å². The number of amides is 3. The van der Waals surface area contributed by atoms with Crippen LogP contribution in [0.1, 0.15) is 13.8 Å². The highest BCUT2D eigenvalue weighted by Crippen LogP contribution is 2.19. The number of rotatable bonds is 2. The Balaban J connectivity index is 2.02. The highest BCUT2D eigenvalue weighted by Gasteiger charge is 2.40. The second-order valence-electron chi connectivity index (χ2n) is 5.00. The Hall–Kier alpha value is -1.30. The van der Waals surface area contributed by atoms with Crippen molar-refractivity contribution in [2.24, 2.45) is 0 Å². The van der Waals surface area contributed by atoms with Crippen molar-refractivity contribution >= 4 is 11.9 Å².